The Bertz CT molecular complexity index is 585. The zero-order valence-corrected chi connectivity index (χ0v) is 25.0. The van der Waals surface area contributed by atoms with Crippen molar-refractivity contribution in [2.45, 2.75) is 94.2 Å². The molecule has 0 saturated carbocycles. The average molecular weight is 439 g/mol. The summed E-state index contributed by atoms with van der Waals surface area (Å²) in [5, 5.41) is 12.2. The van der Waals surface area contributed by atoms with Gasteiger partial charge in [-0.2, -0.15) is 0 Å². The van der Waals surface area contributed by atoms with Crippen LogP contribution < -0.4 is 51.4 Å². The minimum absolute atomic E-state index is 0. The largest absolute Gasteiger partial charge is 1.00 e. The second-order valence-corrected chi connectivity index (χ2v) is 7.77. The molecule has 30 heavy (non-hydrogen) atoms. The van der Waals surface area contributed by atoms with Crippen molar-refractivity contribution in [2.24, 2.45) is 11.8 Å². The summed E-state index contributed by atoms with van der Waals surface area (Å²) in [5.74, 6) is 1.23. The van der Waals surface area contributed by atoms with Gasteiger partial charge in [-0.15, -0.1) is 18.2 Å². The molecular weight excluding hydrogens is 391 g/mol. The van der Waals surface area contributed by atoms with Crippen molar-refractivity contribution in [1.82, 2.24) is 0 Å². The fourth-order valence-corrected chi connectivity index (χ4v) is 2.44. The van der Waals surface area contributed by atoms with Crippen molar-refractivity contribution in [3.05, 3.63) is 59.4 Å². The molecule has 1 aromatic rings. The minimum Gasteiger partial charge on any atom is -0.653 e. The van der Waals surface area contributed by atoms with Crippen LogP contribution in [0.4, 0.5) is 0 Å². The summed E-state index contributed by atoms with van der Waals surface area (Å²) < 4.78 is 0. The van der Waals surface area contributed by atoms with Crippen LogP contribution in [0, 0.1) is 24.2 Å². The van der Waals surface area contributed by atoms with Gasteiger partial charge < -0.3 is 10.7 Å². The Labute approximate surface area is 231 Å². The van der Waals surface area contributed by atoms with Gasteiger partial charge in [-0.3, -0.25) is 0 Å². The maximum Gasteiger partial charge on any atom is 1.00 e. The Balaban J connectivity index is -0.000000696. The first-order valence-electron chi connectivity index (χ1n) is 11.3. The number of aryl methyl sites for hydroxylation is 1. The molecule has 0 aliphatic rings. The molecule has 0 aliphatic heterocycles. The molecule has 3 unspecified atom stereocenters. The van der Waals surface area contributed by atoms with Gasteiger partial charge in [-0.1, -0.05) is 105 Å². The van der Waals surface area contributed by atoms with E-state index in [1.165, 1.54) is 24.0 Å². The number of nitrogens with one attached hydrogen (secondary N) is 1. The third-order valence-corrected chi connectivity index (χ3v) is 5.18. The van der Waals surface area contributed by atoms with Crippen LogP contribution in [-0.4, -0.2) is 17.8 Å². The Morgan fingerprint density at radius 2 is 1.50 bits per heavy atom. The molecule has 166 valence electrons. The van der Waals surface area contributed by atoms with Gasteiger partial charge in [-0.25, -0.2) is 0 Å². The molecule has 0 aliphatic carbocycles. The van der Waals surface area contributed by atoms with Crippen LogP contribution >= 0.6 is 0 Å². The normalized spacial score (nSPS) is 13.2. The Hall–Kier alpha value is -0.0336. The number of benzene rings is 1. The van der Waals surface area contributed by atoms with E-state index < -0.39 is 0 Å². The molecule has 2 nitrogen and oxygen atoms in total. The molecule has 0 aromatic heterocycles. The summed E-state index contributed by atoms with van der Waals surface area (Å²) in [4.78, 5) is 0. The van der Waals surface area contributed by atoms with E-state index in [-0.39, 0.29) is 63.5 Å². The van der Waals surface area contributed by atoms with Crippen LogP contribution in [0.15, 0.2) is 43.0 Å². The summed E-state index contributed by atoms with van der Waals surface area (Å²) in [6.45, 7) is 25.2. The molecule has 0 spiro atoms. The zero-order valence-electron chi connectivity index (χ0n) is 21.8. The summed E-state index contributed by atoms with van der Waals surface area (Å²) in [7, 11) is 0. The second-order valence-electron chi connectivity index (χ2n) is 7.77. The van der Waals surface area contributed by atoms with E-state index in [2.05, 4.69) is 79.3 Å². The van der Waals surface area contributed by atoms with Gasteiger partial charge in [0.1, 0.15) is 0 Å². The average Bonchev–Trinajstić information content (AvgIpc) is 2.72. The van der Waals surface area contributed by atoms with Crippen LogP contribution in [0.25, 0.3) is 10.9 Å². The third-order valence-electron chi connectivity index (χ3n) is 5.18. The maximum atomic E-state index is 7.41. The number of hydrogen-bond acceptors (Lipinski definition) is 1. The van der Waals surface area contributed by atoms with Gasteiger partial charge >= 0.3 is 51.4 Å². The first-order chi connectivity index (χ1) is 13.6. The van der Waals surface area contributed by atoms with Crippen LogP contribution in [0.1, 0.15) is 86.3 Å². The van der Waals surface area contributed by atoms with Crippen LogP contribution in [0.5, 0.6) is 0 Å². The van der Waals surface area contributed by atoms with Crippen molar-refractivity contribution in [1.29, 1.82) is 5.41 Å². The minimum atomic E-state index is 0. The van der Waals surface area contributed by atoms with Crippen molar-refractivity contribution >= 4 is 11.3 Å². The molecule has 1 rings (SSSR count). The van der Waals surface area contributed by atoms with Gasteiger partial charge in [0.25, 0.3) is 0 Å². The molecular formula is C27H47KN2. The van der Waals surface area contributed by atoms with Gasteiger partial charge in [0.15, 0.2) is 0 Å². The molecule has 3 atom stereocenters. The summed E-state index contributed by atoms with van der Waals surface area (Å²) >= 11 is 0. The third kappa shape index (κ3) is 16.6. The second kappa shape index (κ2) is 20.8. The molecule has 0 fully saturated rings. The fourth-order valence-electron chi connectivity index (χ4n) is 2.44. The van der Waals surface area contributed by atoms with E-state index >= 15 is 0 Å². The van der Waals surface area contributed by atoms with Crippen LogP contribution in [-0.2, 0) is 0 Å². The Morgan fingerprint density at radius 3 is 1.87 bits per heavy atom. The van der Waals surface area contributed by atoms with Crippen molar-refractivity contribution in [3.63, 3.8) is 0 Å². The molecule has 0 heterocycles. The van der Waals surface area contributed by atoms with Crippen LogP contribution in [0.2, 0.25) is 0 Å². The molecule has 3 heteroatoms. The van der Waals surface area contributed by atoms with E-state index in [0.717, 1.165) is 11.5 Å². The predicted molar refractivity (Wildman–Crippen MR) is 135 cm³/mol. The van der Waals surface area contributed by atoms with E-state index in [1.807, 2.05) is 19.9 Å². The standard InChI is InChI=1S/C19H27N2.C6H14.C2H6.K/c1-13-7-11-19(12-8-13)17(5)16(4)18(6)21-15(3)10-9-14(2)20;1-4-6(3)5-2;1-2;/h7-12,15-16,18,20H,5H2,1-4,6H3;6H,4-5H2,1-3H3;1-2H3;/q-1;;;+1/b10-9-,20-14?;;;. The first-order valence-corrected chi connectivity index (χ1v) is 11.3. The Morgan fingerprint density at radius 1 is 1.03 bits per heavy atom. The molecule has 0 amide bonds. The summed E-state index contributed by atoms with van der Waals surface area (Å²) in [6, 6.07) is 8.81. The summed E-state index contributed by atoms with van der Waals surface area (Å²) in [5.41, 5.74) is 4.14. The topological polar surface area (TPSA) is 38.0 Å². The SMILES string of the molecule is C=C(c1ccc(C)cc1)C(C)C(C)[N-]C(C)/C=C\C(C)=N.CC.CCC(C)CC.[K+]. The smallest absolute Gasteiger partial charge is 0.653 e. The van der Waals surface area contributed by atoms with Crippen molar-refractivity contribution < 1.29 is 51.4 Å². The van der Waals surface area contributed by atoms with Crippen molar-refractivity contribution in [2.75, 3.05) is 0 Å². The molecule has 0 saturated heterocycles. The number of nitrogens with zero attached hydrogens (tertiary/aromatic N) is 1. The Kier molecular flexibility index (Phi) is 24.0. The number of hydrogen-bond donors (Lipinski definition) is 1. The van der Waals surface area contributed by atoms with E-state index in [4.69, 9.17) is 10.7 Å². The van der Waals surface area contributed by atoms with Gasteiger partial charge in [0, 0.05) is 5.71 Å². The van der Waals surface area contributed by atoms with E-state index in [0.29, 0.717) is 11.6 Å². The van der Waals surface area contributed by atoms with E-state index in [1.54, 1.807) is 13.0 Å². The van der Waals surface area contributed by atoms with Gasteiger partial charge in [0.2, 0.25) is 0 Å². The molecule has 1 aromatic carbocycles. The van der Waals surface area contributed by atoms with Gasteiger partial charge in [0.05, 0.1) is 0 Å². The molecule has 1 N–H and O–H groups in total. The van der Waals surface area contributed by atoms with E-state index in [9.17, 15) is 0 Å². The number of rotatable bonds is 9. The van der Waals surface area contributed by atoms with Crippen molar-refractivity contribution in [3.8, 4) is 0 Å². The maximum absolute atomic E-state index is 7.41. The molecule has 0 bridgehead atoms. The number of allylic oxidation sites excluding steroid dienone is 1. The quantitative estimate of drug-likeness (QED) is 0.370. The fraction of sp³-hybridized carbons (Fsp3) is 0.593. The monoisotopic (exact) mass is 438 g/mol. The summed E-state index contributed by atoms with van der Waals surface area (Å²) in [6.07, 6.45) is 6.44. The molecule has 0 radical (unpaired) electrons. The predicted octanol–water partition coefficient (Wildman–Crippen LogP) is 5.86. The van der Waals surface area contributed by atoms with Crippen LogP contribution in [0.3, 0.4) is 0 Å². The van der Waals surface area contributed by atoms with Gasteiger partial charge in [-0.05, 0) is 42.9 Å². The zero-order chi connectivity index (χ0) is 23.0. The first kappa shape index (κ1) is 34.6.